The van der Waals surface area contributed by atoms with Crippen molar-refractivity contribution < 1.29 is 18.7 Å². The Balaban J connectivity index is 1.77. The van der Waals surface area contributed by atoms with Crippen LogP contribution in [0.15, 0.2) is 78.9 Å². The van der Waals surface area contributed by atoms with Crippen LogP contribution >= 0.6 is 0 Å². The molecule has 0 bridgehead atoms. The Hall–Kier alpha value is -3.34. The summed E-state index contributed by atoms with van der Waals surface area (Å²) in [5, 5.41) is 0. The molecule has 1 atom stereocenters. The molecule has 0 N–H and O–H groups in total. The van der Waals surface area contributed by atoms with Gasteiger partial charge in [0.05, 0.1) is 13.2 Å². The van der Waals surface area contributed by atoms with E-state index in [1.165, 1.54) is 12.1 Å². The van der Waals surface area contributed by atoms with Crippen LogP contribution < -0.4 is 9.47 Å². The molecule has 4 nitrogen and oxygen atoms in total. The molecule has 0 heterocycles. The molecule has 1 unspecified atom stereocenters. The second-order valence-corrected chi connectivity index (χ2v) is 6.33. The van der Waals surface area contributed by atoms with Crippen LogP contribution in [-0.2, 0) is 4.79 Å². The van der Waals surface area contributed by atoms with Gasteiger partial charge in [-0.25, -0.2) is 4.39 Å². The number of benzene rings is 3. The highest BCUT2D eigenvalue weighted by atomic mass is 19.1. The van der Waals surface area contributed by atoms with Gasteiger partial charge in [0.15, 0.2) is 6.61 Å². The summed E-state index contributed by atoms with van der Waals surface area (Å²) in [5.74, 6) is 0.804. The highest BCUT2D eigenvalue weighted by molar-refractivity contribution is 5.78. The second kappa shape index (κ2) is 9.04. The van der Waals surface area contributed by atoms with E-state index in [0.29, 0.717) is 5.75 Å². The molecule has 0 saturated carbocycles. The van der Waals surface area contributed by atoms with Crippen molar-refractivity contribution in [1.29, 1.82) is 0 Å². The third-order valence-electron chi connectivity index (χ3n) is 4.50. The molecule has 3 rings (SSSR count). The average Bonchev–Trinajstić information content (AvgIpc) is 2.74. The van der Waals surface area contributed by atoms with Gasteiger partial charge >= 0.3 is 0 Å². The van der Waals surface area contributed by atoms with Crippen LogP contribution in [0.25, 0.3) is 0 Å². The van der Waals surface area contributed by atoms with Crippen LogP contribution in [0.1, 0.15) is 17.2 Å². The lowest BCUT2D eigenvalue weighted by atomic mass is 9.97. The smallest absolute Gasteiger partial charge is 0.261 e. The van der Waals surface area contributed by atoms with Crippen molar-refractivity contribution in [1.82, 2.24) is 4.90 Å². The molecule has 0 aliphatic rings. The number of likely N-dealkylation sites (N-methyl/N-ethyl adjacent to an activating group) is 1. The van der Waals surface area contributed by atoms with Gasteiger partial charge in [0.1, 0.15) is 17.3 Å². The van der Waals surface area contributed by atoms with Crippen molar-refractivity contribution in [2.24, 2.45) is 0 Å². The van der Waals surface area contributed by atoms with Gasteiger partial charge in [-0.3, -0.25) is 4.79 Å². The number of hydrogen-bond donors (Lipinski definition) is 0. The van der Waals surface area contributed by atoms with E-state index in [9.17, 15) is 9.18 Å². The fourth-order valence-corrected chi connectivity index (χ4v) is 2.98. The van der Waals surface area contributed by atoms with Gasteiger partial charge < -0.3 is 14.4 Å². The number of nitrogens with zero attached hydrogens (tertiary/aromatic N) is 1. The Morgan fingerprint density at radius 2 is 1.46 bits per heavy atom. The van der Waals surface area contributed by atoms with Crippen molar-refractivity contribution in [2.75, 3.05) is 20.8 Å². The molecule has 0 saturated heterocycles. The molecular formula is C23H22FNO3. The predicted octanol–water partition coefficient (Wildman–Crippen LogP) is 4.46. The molecule has 28 heavy (non-hydrogen) atoms. The fourth-order valence-electron chi connectivity index (χ4n) is 2.98. The standard InChI is InChI=1S/C23H22FNO3/c1-25(22(26)16-28-21-14-12-20(27-2)13-15-21)23(17-6-4-3-5-7-17)18-8-10-19(24)11-9-18/h3-15,23H,16H2,1-2H3. The molecule has 0 aliphatic carbocycles. The Morgan fingerprint density at radius 3 is 2.07 bits per heavy atom. The minimum atomic E-state index is -0.339. The van der Waals surface area contributed by atoms with Crippen LogP contribution in [-0.4, -0.2) is 31.6 Å². The van der Waals surface area contributed by atoms with Gasteiger partial charge in [0.25, 0.3) is 5.91 Å². The van der Waals surface area contributed by atoms with Gasteiger partial charge in [0, 0.05) is 7.05 Å². The van der Waals surface area contributed by atoms with E-state index >= 15 is 0 Å². The zero-order chi connectivity index (χ0) is 19.9. The second-order valence-electron chi connectivity index (χ2n) is 6.33. The summed E-state index contributed by atoms with van der Waals surface area (Å²) in [4.78, 5) is 14.4. The van der Waals surface area contributed by atoms with E-state index < -0.39 is 0 Å². The number of carbonyl (C=O) groups excluding carboxylic acids is 1. The quantitative estimate of drug-likeness (QED) is 0.608. The number of methoxy groups -OCH3 is 1. The van der Waals surface area contributed by atoms with Gasteiger partial charge in [-0.15, -0.1) is 0 Å². The van der Waals surface area contributed by atoms with Crippen molar-refractivity contribution in [2.45, 2.75) is 6.04 Å². The van der Waals surface area contributed by atoms with E-state index in [1.807, 2.05) is 30.3 Å². The van der Waals surface area contributed by atoms with E-state index in [-0.39, 0.29) is 24.4 Å². The van der Waals surface area contributed by atoms with Crippen LogP contribution in [0, 0.1) is 5.82 Å². The van der Waals surface area contributed by atoms with E-state index in [1.54, 1.807) is 55.5 Å². The lowest BCUT2D eigenvalue weighted by molar-refractivity contribution is -0.133. The average molecular weight is 379 g/mol. The number of halogens is 1. The first-order chi connectivity index (χ1) is 13.6. The number of hydrogen-bond acceptors (Lipinski definition) is 3. The summed E-state index contributed by atoms with van der Waals surface area (Å²) >= 11 is 0. The molecule has 5 heteroatoms. The normalized spacial score (nSPS) is 11.5. The summed E-state index contributed by atoms with van der Waals surface area (Å²) in [7, 11) is 3.31. The number of carbonyl (C=O) groups is 1. The summed E-state index contributed by atoms with van der Waals surface area (Å²) in [6, 6.07) is 22.5. The van der Waals surface area contributed by atoms with Crippen molar-refractivity contribution in [3.8, 4) is 11.5 Å². The molecule has 0 aliphatic heterocycles. The molecule has 3 aromatic carbocycles. The maximum atomic E-state index is 13.4. The predicted molar refractivity (Wildman–Crippen MR) is 106 cm³/mol. The topological polar surface area (TPSA) is 38.8 Å². The van der Waals surface area contributed by atoms with Crippen LogP contribution in [0.5, 0.6) is 11.5 Å². The highest BCUT2D eigenvalue weighted by Gasteiger charge is 2.23. The Morgan fingerprint density at radius 1 is 0.893 bits per heavy atom. The molecule has 0 fully saturated rings. The SMILES string of the molecule is COc1ccc(OCC(=O)N(C)C(c2ccccc2)c2ccc(F)cc2)cc1. The van der Waals surface area contributed by atoms with Crippen molar-refractivity contribution >= 4 is 5.91 Å². The Bertz CT molecular complexity index is 895. The third-order valence-corrected chi connectivity index (χ3v) is 4.50. The number of ether oxygens (including phenoxy) is 2. The van der Waals surface area contributed by atoms with Gasteiger partial charge in [-0.2, -0.15) is 0 Å². The fraction of sp³-hybridized carbons (Fsp3) is 0.174. The van der Waals surface area contributed by atoms with Gasteiger partial charge in [-0.05, 0) is 47.5 Å². The van der Waals surface area contributed by atoms with Gasteiger partial charge in [0.2, 0.25) is 0 Å². The number of amides is 1. The zero-order valence-corrected chi connectivity index (χ0v) is 15.8. The molecule has 0 aromatic heterocycles. The molecule has 0 radical (unpaired) electrons. The third kappa shape index (κ3) is 4.68. The summed E-state index contributed by atoms with van der Waals surface area (Å²) in [6.45, 7) is -0.104. The minimum Gasteiger partial charge on any atom is -0.497 e. The molecule has 144 valence electrons. The number of rotatable bonds is 7. The monoisotopic (exact) mass is 379 g/mol. The van der Waals surface area contributed by atoms with E-state index in [4.69, 9.17) is 9.47 Å². The minimum absolute atomic E-state index is 0.104. The summed E-state index contributed by atoms with van der Waals surface area (Å²) in [6.07, 6.45) is 0. The lowest BCUT2D eigenvalue weighted by Crippen LogP contribution is -2.35. The highest BCUT2D eigenvalue weighted by Crippen LogP contribution is 2.28. The Kier molecular flexibility index (Phi) is 6.27. The summed E-state index contributed by atoms with van der Waals surface area (Å²) < 4.78 is 24.1. The largest absolute Gasteiger partial charge is 0.497 e. The van der Waals surface area contributed by atoms with Crippen molar-refractivity contribution in [3.63, 3.8) is 0 Å². The molecular weight excluding hydrogens is 357 g/mol. The van der Waals surface area contributed by atoms with E-state index in [2.05, 4.69) is 0 Å². The maximum Gasteiger partial charge on any atom is 0.261 e. The summed E-state index contributed by atoms with van der Waals surface area (Å²) in [5.41, 5.74) is 1.77. The first-order valence-electron chi connectivity index (χ1n) is 8.91. The molecule has 1 amide bonds. The first-order valence-corrected chi connectivity index (χ1v) is 8.91. The van der Waals surface area contributed by atoms with Crippen molar-refractivity contribution in [3.05, 3.63) is 95.8 Å². The molecule has 0 spiro atoms. The van der Waals surface area contributed by atoms with E-state index in [0.717, 1.165) is 16.9 Å². The van der Waals surface area contributed by atoms with Crippen LogP contribution in [0.3, 0.4) is 0 Å². The lowest BCUT2D eigenvalue weighted by Gasteiger charge is -2.29. The first kappa shape index (κ1) is 19.4. The molecule has 3 aromatic rings. The maximum absolute atomic E-state index is 13.4. The van der Waals surface area contributed by atoms with Gasteiger partial charge in [-0.1, -0.05) is 42.5 Å². The Labute approximate surface area is 164 Å². The van der Waals surface area contributed by atoms with Crippen LogP contribution in [0.4, 0.5) is 4.39 Å². The zero-order valence-electron chi connectivity index (χ0n) is 15.8. The van der Waals surface area contributed by atoms with Crippen LogP contribution in [0.2, 0.25) is 0 Å².